The predicted octanol–water partition coefficient (Wildman–Crippen LogP) is 4.78. The highest BCUT2D eigenvalue weighted by molar-refractivity contribution is 6.01. The van der Waals surface area contributed by atoms with Gasteiger partial charge in [0.25, 0.3) is 0 Å². The number of methoxy groups -OCH3 is 1. The van der Waals surface area contributed by atoms with E-state index in [4.69, 9.17) is 0 Å². The molecule has 7 heteroatoms. The van der Waals surface area contributed by atoms with Gasteiger partial charge in [-0.15, -0.1) is 0 Å². The zero-order valence-electron chi connectivity index (χ0n) is 12.4. The standard InChI is InChI=1S/C17H11F4NO2/c1-24-16(23)11-6-10-12(8-22-15(10)7-14(11)18)9-4-2-3-5-13(9)17(19,20)21/h2-8,22H,1H3. The number of rotatable bonds is 2. The number of aromatic nitrogens is 1. The van der Waals surface area contributed by atoms with Gasteiger partial charge in [-0.25, -0.2) is 9.18 Å². The zero-order chi connectivity index (χ0) is 17.5. The number of fused-ring (bicyclic) bond motifs is 1. The van der Waals surface area contributed by atoms with E-state index in [-0.39, 0.29) is 22.2 Å². The van der Waals surface area contributed by atoms with Crippen molar-refractivity contribution in [1.82, 2.24) is 4.98 Å². The molecule has 0 fully saturated rings. The number of carbonyl (C=O) groups is 1. The Hall–Kier alpha value is -2.83. The Balaban J connectivity index is 2.28. The molecule has 0 unspecified atom stereocenters. The SMILES string of the molecule is COC(=O)c1cc2c(-c3ccccc3C(F)(F)F)c[nH]c2cc1F. The van der Waals surface area contributed by atoms with Crippen molar-refractivity contribution >= 4 is 16.9 Å². The van der Waals surface area contributed by atoms with E-state index in [1.54, 1.807) is 0 Å². The van der Waals surface area contributed by atoms with Crippen molar-refractivity contribution < 1.29 is 27.1 Å². The highest BCUT2D eigenvalue weighted by Crippen LogP contribution is 2.39. The Kier molecular flexibility index (Phi) is 3.79. The molecule has 3 aromatic rings. The minimum atomic E-state index is -4.54. The lowest BCUT2D eigenvalue weighted by molar-refractivity contribution is -0.137. The second-order valence-corrected chi connectivity index (χ2v) is 5.11. The quantitative estimate of drug-likeness (QED) is 0.540. The topological polar surface area (TPSA) is 42.1 Å². The molecule has 0 saturated carbocycles. The summed E-state index contributed by atoms with van der Waals surface area (Å²) >= 11 is 0. The molecule has 124 valence electrons. The molecule has 1 heterocycles. The van der Waals surface area contributed by atoms with Crippen LogP contribution in [0.25, 0.3) is 22.0 Å². The zero-order valence-corrected chi connectivity index (χ0v) is 12.4. The third kappa shape index (κ3) is 2.62. The number of halogens is 4. The number of alkyl halides is 3. The lowest BCUT2D eigenvalue weighted by Crippen LogP contribution is -2.07. The molecule has 0 aliphatic heterocycles. The van der Waals surface area contributed by atoms with Crippen LogP contribution in [0, 0.1) is 5.82 Å². The fourth-order valence-electron chi connectivity index (χ4n) is 2.60. The second-order valence-electron chi connectivity index (χ2n) is 5.11. The van der Waals surface area contributed by atoms with Crippen molar-refractivity contribution in [3.05, 3.63) is 59.5 Å². The van der Waals surface area contributed by atoms with E-state index in [2.05, 4.69) is 9.72 Å². The first-order valence-corrected chi connectivity index (χ1v) is 6.88. The Labute approximate surface area is 133 Å². The van der Waals surface area contributed by atoms with Gasteiger partial charge in [-0.05, 0) is 23.8 Å². The molecule has 0 saturated heterocycles. The summed E-state index contributed by atoms with van der Waals surface area (Å²) in [7, 11) is 1.10. The van der Waals surface area contributed by atoms with Gasteiger partial charge in [-0.3, -0.25) is 0 Å². The van der Waals surface area contributed by atoms with Crippen LogP contribution in [0.1, 0.15) is 15.9 Å². The molecular formula is C17H11F4NO2. The van der Waals surface area contributed by atoms with Crippen LogP contribution in [0.4, 0.5) is 17.6 Å². The summed E-state index contributed by atoms with van der Waals surface area (Å²) in [5, 5.41) is 0.300. The summed E-state index contributed by atoms with van der Waals surface area (Å²) < 4.78 is 58.1. The second kappa shape index (κ2) is 5.67. The van der Waals surface area contributed by atoms with Crippen molar-refractivity contribution in [2.45, 2.75) is 6.18 Å². The van der Waals surface area contributed by atoms with Gasteiger partial charge in [0.15, 0.2) is 0 Å². The molecule has 0 amide bonds. The summed E-state index contributed by atoms with van der Waals surface area (Å²) in [5.74, 6) is -1.71. The highest BCUT2D eigenvalue weighted by Gasteiger charge is 2.33. The predicted molar refractivity (Wildman–Crippen MR) is 80.0 cm³/mol. The monoisotopic (exact) mass is 337 g/mol. The third-order valence-electron chi connectivity index (χ3n) is 3.70. The van der Waals surface area contributed by atoms with E-state index in [1.807, 2.05) is 0 Å². The average molecular weight is 337 g/mol. The van der Waals surface area contributed by atoms with E-state index in [1.165, 1.54) is 30.5 Å². The van der Waals surface area contributed by atoms with Crippen LogP contribution in [0.15, 0.2) is 42.6 Å². The maximum Gasteiger partial charge on any atom is 0.417 e. The van der Waals surface area contributed by atoms with Crippen molar-refractivity contribution in [3.8, 4) is 11.1 Å². The van der Waals surface area contributed by atoms with Crippen LogP contribution in [-0.2, 0) is 10.9 Å². The number of ether oxygens (including phenoxy) is 1. The number of hydrogen-bond acceptors (Lipinski definition) is 2. The highest BCUT2D eigenvalue weighted by atomic mass is 19.4. The van der Waals surface area contributed by atoms with Crippen LogP contribution >= 0.6 is 0 Å². The lowest BCUT2D eigenvalue weighted by Gasteiger charge is -2.12. The first-order chi connectivity index (χ1) is 11.3. The summed E-state index contributed by atoms with van der Waals surface area (Å²) in [4.78, 5) is 14.4. The molecule has 0 radical (unpaired) electrons. The number of nitrogens with one attached hydrogen (secondary N) is 1. The van der Waals surface area contributed by atoms with Crippen LogP contribution in [-0.4, -0.2) is 18.1 Å². The smallest absolute Gasteiger partial charge is 0.417 e. The maximum absolute atomic E-state index is 13.9. The molecule has 3 rings (SSSR count). The number of aromatic amines is 1. The summed E-state index contributed by atoms with van der Waals surface area (Å²) in [6.45, 7) is 0. The molecular weight excluding hydrogens is 326 g/mol. The molecule has 2 aromatic carbocycles. The van der Waals surface area contributed by atoms with E-state index in [0.717, 1.165) is 19.2 Å². The fraction of sp³-hybridized carbons (Fsp3) is 0.118. The molecule has 1 aromatic heterocycles. The molecule has 3 nitrogen and oxygen atoms in total. The van der Waals surface area contributed by atoms with Crippen LogP contribution in [0.2, 0.25) is 0 Å². The van der Waals surface area contributed by atoms with Gasteiger partial charge < -0.3 is 9.72 Å². The Morgan fingerprint density at radius 3 is 2.50 bits per heavy atom. The van der Waals surface area contributed by atoms with Crippen molar-refractivity contribution in [3.63, 3.8) is 0 Å². The van der Waals surface area contributed by atoms with E-state index in [0.29, 0.717) is 5.39 Å². The van der Waals surface area contributed by atoms with Gasteiger partial charge in [0.2, 0.25) is 0 Å². The molecule has 0 spiro atoms. The van der Waals surface area contributed by atoms with Crippen LogP contribution in [0.3, 0.4) is 0 Å². The Bertz CT molecular complexity index is 928. The summed E-state index contributed by atoms with van der Waals surface area (Å²) in [6, 6.07) is 7.32. The van der Waals surface area contributed by atoms with E-state index < -0.39 is 23.5 Å². The number of H-pyrrole nitrogens is 1. The normalized spacial score (nSPS) is 11.7. The molecule has 0 bridgehead atoms. The third-order valence-corrected chi connectivity index (χ3v) is 3.70. The van der Waals surface area contributed by atoms with Gasteiger partial charge in [0.05, 0.1) is 18.2 Å². The summed E-state index contributed by atoms with van der Waals surface area (Å²) in [6.07, 6.45) is -3.18. The van der Waals surface area contributed by atoms with Gasteiger partial charge in [0.1, 0.15) is 5.82 Å². The minimum Gasteiger partial charge on any atom is -0.465 e. The number of benzene rings is 2. The van der Waals surface area contributed by atoms with Crippen molar-refractivity contribution in [2.75, 3.05) is 7.11 Å². The van der Waals surface area contributed by atoms with Gasteiger partial charge in [-0.2, -0.15) is 13.2 Å². The van der Waals surface area contributed by atoms with E-state index in [9.17, 15) is 22.4 Å². The summed E-state index contributed by atoms with van der Waals surface area (Å²) in [5.41, 5.74) is -0.695. The molecule has 0 atom stereocenters. The average Bonchev–Trinajstić information content (AvgIpc) is 2.95. The van der Waals surface area contributed by atoms with Crippen molar-refractivity contribution in [2.24, 2.45) is 0 Å². The van der Waals surface area contributed by atoms with Crippen LogP contribution < -0.4 is 0 Å². The largest absolute Gasteiger partial charge is 0.465 e. The first-order valence-electron chi connectivity index (χ1n) is 6.88. The molecule has 0 aliphatic rings. The molecule has 24 heavy (non-hydrogen) atoms. The molecule has 0 aliphatic carbocycles. The number of esters is 1. The fourth-order valence-corrected chi connectivity index (χ4v) is 2.60. The number of carbonyl (C=O) groups excluding carboxylic acids is 1. The molecule has 1 N–H and O–H groups in total. The first kappa shape index (κ1) is 16.0. The van der Waals surface area contributed by atoms with Gasteiger partial charge in [-0.1, -0.05) is 18.2 Å². The Morgan fingerprint density at radius 2 is 1.83 bits per heavy atom. The number of hydrogen-bond donors (Lipinski definition) is 1. The minimum absolute atomic E-state index is 0.0568. The van der Waals surface area contributed by atoms with Gasteiger partial charge >= 0.3 is 12.1 Å². The van der Waals surface area contributed by atoms with Gasteiger partial charge in [0, 0.05) is 22.7 Å². The van der Waals surface area contributed by atoms with E-state index >= 15 is 0 Å². The van der Waals surface area contributed by atoms with Crippen LogP contribution in [0.5, 0.6) is 0 Å². The maximum atomic E-state index is 13.9. The Morgan fingerprint density at radius 1 is 1.12 bits per heavy atom. The lowest BCUT2D eigenvalue weighted by atomic mass is 9.98. The van der Waals surface area contributed by atoms with Crippen molar-refractivity contribution in [1.29, 1.82) is 0 Å².